The van der Waals surface area contributed by atoms with Crippen molar-refractivity contribution in [3.05, 3.63) is 102 Å². The minimum Gasteiger partial charge on any atom is -0.293 e. The Labute approximate surface area is 152 Å². The van der Waals surface area contributed by atoms with E-state index in [1.165, 1.54) is 4.90 Å². The van der Waals surface area contributed by atoms with Gasteiger partial charge in [-0.3, -0.25) is 9.69 Å². The monoisotopic (exact) mass is 345 g/mol. The van der Waals surface area contributed by atoms with Crippen LogP contribution < -0.4 is 4.90 Å². The molecule has 0 atom stereocenters. The van der Waals surface area contributed by atoms with E-state index in [9.17, 15) is 4.79 Å². The lowest BCUT2D eigenvalue weighted by Gasteiger charge is -2.21. The maximum absolute atomic E-state index is 12.0. The molecule has 0 aliphatic carbocycles. The van der Waals surface area contributed by atoms with E-state index >= 15 is 0 Å². The molecule has 0 saturated heterocycles. The van der Waals surface area contributed by atoms with Crippen LogP contribution in [0, 0.1) is 11.8 Å². The van der Waals surface area contributed by atoms with Gasteiger partial charge in [0.15, 0.2) is 0 Å². The summed E-state index contributed by atoms with van der Waals surface area (Å²) in [6.45, 7) is 0.396. The number of benzene rings is 3. The van der Waals surface area contributed by atoms with E-state index < -0.39 is 5.37 Å². The second-order valence-electron chi connectivity index (χ2n) is 5.46. The summed E-state index contributed by atoms with van der Waals surface area (Å²) in [7, 11) is 0. The number of para-hydroxylation sites is 1. The molecule has 1 amide bonds. The Morgan fingerprint density at radius 1 is 0.800 bits per heavy atom. The van der Waals surface area contributed by atoms with Gasteiger partial charge in [-0.25, -0.2) is 0 Å². The summed E-state index contributed by atoms with van der Waals surface area (Å²) in [5, 5.41) is -0.530. The molecule has 122 valence electrons. The zero-order chi connectivity index (χ0) is 17.5. The lowest BCUT2D eigenvalue weighted by atomic mass is 10.1. The first-order chi connectivity index (χ1) is 12.2. The molecule has 0 aromatic heterocycles. The fourth-order valence-electron chi connectivity index (χ4n) is 2.48. The van der Waals surface area contributed by atoms with Gasteiger partial charge in [0.1, 0.15) is 0 Å². The van der Waals surface area contributed by atoms with Crippen LogP contribution in [0.1, 0.15) is 16.7 Å². The summed E-state index contributed by atoms with van der Waals surface area (Å²) in [6.07, 6.45) is 0. The Hall–Kier alpha value is -3.02. The van der Waals surface area contributed by atoms with Crippen LogP contribution in [0.3, 0.4) is 0 Å². The molecular formula is C22H16ClNO. The van der Waals surface area contributed by atoms with Crippen molar-refractivity contribution in [2.24, 2.45) is 0 Å². The van der Waals surface area contributed by atoms with Crippen LogP contribution >= 0.6 is 11.6 Å². The number of hydrogen-bond acceptors (Lipinski definition) is 1. The summed E-state index contributed by atoms with van der Waals surface area (Å²) >= 11 is 5.86. The molecule has 3 heteroatoms. The summed E-state index contributed by atoms with van der Waals surface area (Å²) < 4.78 is 0. The van der Waals surface area contributed by atoms with Gasteiger partial charge in [0.2, 0.25) is 0 Å². The maximum atomic E-state index is 12.0. The highest BCUT2D eigenvalue weighted by Gasteiger charge is 2.16. The van der Waals surface area contributed by atoms with E-state index in [-0.39, 0.29) is 0 Å². The number of halogens is 1. The van der Waals surface area contributed by atoms with Gasteiger partial charge in [-0.15, -0.1) is 0 Å². The van der Waals surface area contributed by atoms with E-state index in [4.69, 9.17) is 11.6 Å². The topological polar surface area (TPSA) is 20.3 Å². The molecule has 0 saturated carbocycles. The van der Waals surface area contributed by atoms with E-state index in [0.29, 0.717) is 12.2 Å². The van der Waals surface area contributed by atoms with Crippen LogP contribution in [0.2, 0.25) is 0 Å². The Bertz CT molecular complexity index is 911. The van der Waals surface area contributed by atoms with E-state index in [1.807, 2.05) is 84.9 Å². The second-order valence-corrected chi connectivity index (χ2v) is 5.78. The molecule has 0 bridgehead atoms. The summed E-state index contributed by atoms with van der Waals surface area (Å²) in [5.74, 6) is 6.28. The minimum absolute atomic E-state index is 0.396. The molecule has 0 N–H and O–H groups in total. The molecule has 0 aliphatic rings. The molecule has 0 radical (unpaired) electrons. The largest absolute Gasteiger partial charge is 0.321 e. The number of amides is 1. The van der Waals surface area contributed by atoms with Crippen molar-refractivity contribution in [2.75, 3.05) is 4.90 Å². The fourth-order valence-corrected chi connectivity index (χ4v) is 2.63. The van der Waals surface area contributed by atoms with E-state index in [0.717, 1.165) is 16.7 Å². The third-order valence-corrected chi connectivity index (χ3v) is 3.91. The molecule has 25 heavy (non-hydrogen) atoms. The van der Waals surface area contributed by atoms with Crippen LogP contribution in [-0.2, 0) is 6.54 Å². The first kappa shape index (κ1) is 16.8. The van der Waals surface area contributed by atoms with Gasteiger partial charge in [0, 0.05) is 11.1 Å². The van der Waals surface area contributed by atoms with Gasteiger partial charge in [0.25, 0.3) is 0 Å². The first-order valence-corrected chi connectivity index (χ1v) is 8.29. The maximum Gasteiger partial charge on any atom is 0.321 e. The number of anilines is 1. The molecule has 0 aliphatic heterocycles. The Balaban J connectivity index is 1.95. The number of nitrogens with zero attached hydrogens (tertiary/aromatic N) is 1. The molecule has 0 spiro atoms. The quantitative estimate of drug-likeness (QED) is 0.351. The summed E-state index contributed by atoms with van der Waals surface area (Å²) in [4.78, 5) is 13.6. The Kier molecular flexibility index (Phi) is 5.51. The highest BCUT2D eigenvalue weighted by molar-refractivity contribution is 6.66. The van der Waals surface area contributed by atoms with Gasteiger partial charge in [0.05, 0.1) is 12.2 Å². The normalized spacial score (nSPS) is 9.80. The summed E-state index contributed by atoms with van der Waals surface area (Å²) in [6, 6.07) is 27.0. The fraction of sp³-hybridized carbons (Fsp3) is 0.0455. The minimum atomic E-state index is -0.530. The number of hydrogen-bond donors (Lipinski definition) is 0. The van der Waals surface area contributed by atoms with Crippen molar-refractivity contribution < 1.29 is 4.79 Å². The Morgan fingerprint density at radius 2 is 1.40 bits per heavy atom. The average Bonchev–Trinajstić information content (AvgIpc) is 2.66. The standard InChI is InChI=1S/C22H16ClNO/c23-22(25)24(17-19-11-5-2-6-12-19)21-14-8-7-13-20(21)16-15-18-9-3-1-4-10-18/h1-14H,17H2. The second kappa shape index (κ2) is 8.19. The molecule has 3 rings (SSSR count). The average molecular weight is 346 g/mol. The number of carbonyl (C=O) groups excluding carboxylic acids is 1. The number of carbonyl (C=O) groups is 1. The van der Waals surface area contributed by atoms with E-state index in [2.05, 4.69) is 11.8 Å². The van der Waals surface area contributed by atoms with Crippen molar-refractivity contribution >= 4 is 22.7 Å². The van der Waals surface area contributed by atoms with Crippen molar-refractivity contribution in [2.45, 2.75) is 6.54 Å². The van der Waals surface area contributed by atoms with Gasteiger partial charge in [-0.05, 0) is 41.4 Å². The molecule has 0 heterocycles. The van der Waals surface area contributed by atoms with Crippen molar-refractivity contribution in [3.8, 4) is 11.8 Å². The highest BCUT2D eigenvalue weighted by Crippen LogP contribution is 2.23. The SMILES string of the molecule is O=C(Cl)N(Cc1ccccc1)c1ccccc1C#Cc1ccccc1. The van der Waals surface area contributed by atoms with Crippen molar-refractivity contribution in [3.63, 3.8) is 0 Å². The molecule has 3 aromatic carbocycles. The zero-order valence-electron chi connectivity index (χ0n) is 13.5. The van der Waals surface area contributed by atoms with Crippen LogP contribution in [0.5, 0.6) is 0 Å². The molecule has 0 unspecified atom stereocenters. The van der Waals surface area contributed by atoms with Crippen molar-refractivity contribution in [1.29, 1.82) is 0 Å². The zero-order valence-corrected chi connectivity index (χ0v) is 14.3. The van der Waals surface area contributed by atoms with Gasteiger partial charge < -0.3 is 0 Å². The highest BCUT2D eigenvalue weighted by atomic mass is 35.5. The predicted molar refractivity (Wildman–Crippen MR) is 103 cm³/mol. The molecule has 3 aromatic rings. The molecular weight excluding hydrogens is 330 g/mol. The lowest BCUT2D eigenvalue weighted by Crippen LogP contribution is -2.25. The lowest BCUT2D eigenvalue weighted by molar-refractivity contribution is 0.264. The van der Waals surface area contributed by atoms with Gasteiger partial charge in [-0.1, -0.05) is 72.5 Å². The summed E-state index contributed by atoms with van der Waals surface area (Å²) in [5.41, 5.74) is 3.39. The Morgan fingerprint density at radius 3 is 2.08 bits per heavy atom. The van der Waals surface area contributed by atoms with Gasteiger partial charge >= 0.3 is 5.37 Å². The third-order valence-electron chi connectivity index (χ3n) is 3.71. The molecule has 0 fully saturated rings. The smallest absolute Gasteiger partial charge is 0.293 e. The van der Waals surface area contributed by atoms with Gasteiger partial charge in [-0.2, -0.15) is 0 Å². The first-order valence-electron chi connectivity index (χ1n) is 7.91. The van der Waals surface area contributed by atoms with Crippen molar-refractivity contribution in [1.82, 2.24) is 0 Å². The van der Waals surface area contributed by atoms with Crippen LogP contribution in [-0.4, -0.2) is 5.37 Å². The number of rotatable bonds is 3. The molecule has 2 nitrogen and oxygen atoms in total. The van der Waals surface area contributed by atoms with Crippen LogP contribution in [0.25, 0.3) is 0 Å². The van der Waals surface area contributed by atoms with Crippen LogP contribution in [0.15, 0.2) is 84.9 Å². The van der Waals surface area contributed by atoms with E-state index in [1.54, 1.807) is 0 Å². The van der Waals surface area contributed by atoms with Crippen LogP contribution in [0.4, 0.5) is 10.5 Å². The predicted octanol–water partition coefficient (Wildman–Crippen LogP) is 5.45. The third kappa shape index (κ3) is 4.50.